The molecule has 0 bridgehead atoms. The molecule has 1 amide bonds. The number of carbonyl (C=O) groups excluding carboxylic acids is 1. The van der Waals surface area contributed by atoms with Crippen LogP contribution in [0.2, 0.25) is 5.02 Å². The molecule has 0 spiro atoms. The van der Waals surface area contributed by atoms with Gasteiger partial charge in [0.05, 0.1) is 11.2 Å². The molecule has 140 valence electrons. The topological polar surface area (TPSA) is 55.1 Å². The minimum atomic E-state index is 0.00174. The van der Waals surface area contributed by atoms with Crippen LogP contribution in [0, 0.1) is 0 Å². The molecule has 1 unspecified atom stereocenters. The third kappa shape index (κ3) is 5.20. The maximum atomic E-state index is 12.2. The van der Waals surface area contributed by atoms with E-state index in [-0.39, 0.29) is 5.91 Å². The summed E-state index contributed by atoms with van der Waals surface area (Å²) in [6, 6.07) is 17.7. The number of carbonyl (C=O) groups is 1. The largest absolute Gasteiger partial charge is 0.441 e. The number of benzene rings is 2. The molecular weight excluding hydrogens is 360 g/mol. The lowest BCUT2D eigenvalue weighted by Gasteiger charge is -2.16. The molecule has 1 atom stereocenters. The van der Waals surface area contributed by atoms with Gasteiger partial charge in [-0.15, -0.1) is 0 Å². The van der Waals surface area contributed by atoms with Crippen molar-refractivity contribution in [2.75, 3.05) is 6.54 Å². The van der Waals surface area contributed by atoms with Crippen LogP contribution in [0.5, 0.6) is 0 Å². The number of halogens is 1. The Labute approximate surface area is 164 Å². The van der Waals surface area contributed by atoms with E-state index >= 15 is 0 Å². The SMILES string of the molecule is CCC(CNC(=O)CCc1ncc(-c2ccccc2Cl)o1)c1ccccc1. The second-order valence-electron chi connectivity index (χ2n) is 6.42. The summed E-state index contributed by atoms with van der Waals surface area (Å²) in [5.74, 6) is 1.48. The normalized spacial score (nSPS) is 11.9. The van der Waals surface area contributed by atoms with Crippen molar-refractivity contribution in [2.24, 2.45) is 0 Å². The zero-order valence-electron chi connectivity index (χ0n) is 15.3. The highest BCUT2D eigenvalue weighted by Gasteiger charge is 2.13. The second kappa shape index (κ2) is 9.38. The first-order valence-corrected chi connectivity index (χ1v) is 9.56. The average Bonchev–Trinajstić information content (AvgIpc) is 3.17. The van der Waals surface area contributed by atoms with E-state index in [1.165, 1.54) is 5.56 Å². The Bertz CT molecular complexity index is 877. The molecule has 1 heterocycles. The molecule has 27 heavy (non-hydrogen) atoms. The van der Waals surface area contributed by atoms with Gasteiger partial charge in [-0.25, -0.2) is 4.98 Å². The molecule has 0 aliphatic carbocycles. The van der Waals surface area contributed by atoms with Crippen LogP contribution in [-0.4, -0.2) is 17.4 Å². The van der Waals surface area contributed by atoms with Gasteiger partial charge in [0.2, 0.25) is 5.91 Å². The predicted octanol–water partition coefficient (Wildman–Crippen LogP) is 5.24. The Morgan fingerprint density at radius 1 is 1.15 bits per heavy atom. The summed E-state index contributed by atoms with van der Waals surface area (Å²) in [6.07, 6.45) is 3.42. The molecule has 2 aromatic carbocycles. The van der Waals surface area contributed by atoms with Gasteiger partial charge >= 0.3 is 0 Å². The molecular formula is C22H23ClN2O2. The minimum Gasteiger partial charge on any atom is -0.441 e. The Morgan fingerprint density at radius 2 is 1.89 bits per heavy atom. The van der Waals surface area contributed by atoms with Crippen molar-refractivity contribution in [1.82, 2.24) is 10.3 Å². The molecule has 0 saturated carbocycles. The number of amides is 1. The molecule has 4 nitrogen and oxygen atoms in total. The van der Waals surface area contributed by atoms with E-state index in [0.717, 1.165) is 12.0 Å². The second-order valence-corrected chi connectivity index (χ2v) is 6.83. The van der Waals surface area contributed by atoms with E-state index in [0.29, 0.717) is 42.0 Å². The van der Waals surface area contributed by atoms with Crippen LogP contribution in [-0.2, 0) is 11.2 Å². The first kappa shape index (κ1) is 19.2. The Balaban J connectivity index is 1.50. The Hall–Kier alpha value is -2.59. The minimum absolute atomic E-state index is 0.00174. The molecule has 0 radical (unpaired) electrons. The fourth-order valence-electron chi connectivity index (χ4n) is 2.98. The van der Waals surface area contributed by atoms with Crippen LogP contribution >= 0.6 is 11.6 Å². The molecule has 0 aliphatic heterocycles. The molecule has 3 rings (SSSR count). The lowest BCUT2D eigenvalue weighted by molar-refractivity contribution is -0.121. The van der Waals surface area contributed by atoms with Crippen molar-refractivity contribution < 1.29 is 9.21 Å². The highest BCUT2D eigenvalue weighted by Crippen LogP contribution is 2.28. The monoisotopic (exact) mass is 382 g/mol. The summed E-state index contributed by atoms with van der Waals surface area (Å²) in [7, 11) is 0. The highest BCUT2D eigenvalue weighted by molar-refractivity contribution is 6.33. The van der Waals surface area contributed by atoms with Crippen molar-refractivity contribution in [1.29, 1.82) is 0 Å². The highest BCUT2D eigenvalue weighted by atomic mass is 35.5. The number of aryl methyl sites for hydroxylation is 1. The van der Waals surface area contributed by atoms with E-state index < -0.39 is 0 Å². The van der Waals surface area contributed by atoms with Crippen molar-refractivity contribution in [3.63, 3.8) is 0 Å². The average molecular weight is 383 g/mol. The number of nitrogens with one attached hydrogen (secondary N) is 1. The number of hydrogen-bond acceptors (Lipinski definition) is 3. The fourth-order valence-corrected chi connectivity index (χ4v) is 3.21. The fraction of sp³-hybridized carbons (Fsp3) is 0.273. The van der Waals surface area contributed by atoms with Crippen LogP contribution < -0.4 is 5.32 Å². The van der Waals surface area contributed by atoms with Crippen LogP contribution in [0.15, 0.2) is 65.2 Å². The van der Waals surface area contributed by atoms with Crippen LogP contribution in [0.1, 0.15) is 37.1 Å². The van der Waals surface area contributed by atoms with Gasteiger partial charge in [-0.3, -0.25) is 4.79 Å². The smallest absolute Gasteiger partial charge is 0.220 e. The van der Waals surface area contributed by atoms with E-state index in [4.69, 9.17) is 16.0 Å². The summed E-state index contributed by atoms with van der Waals surface area (Å²) in [4.78, 5) is 16.5. The summed E-state index contributed by atoms with van der Waals surface area (Å²) < 4.78 is 5.74. The standard InChI is InChI=1S/C22H23ClN2O2/c1-2-16(17-8-4-3-5-9-17)14-24-21(26)12-13-22-25-15-20(27-22)18-10-6-7-11-19(18)23/h3-11,15-16H,2,12-14H2,1H3,(H,24,26). The zero-order valence-corrected chi connectivity index (χ0v) is 16.1. The first-order valence-electron chi connectivity index (χ1n) is 9.18. The number of aromatic nitrogens is 1. The zero-order chi connectivity index (χ0) is 19.1. The van der Waals surface area contributed by atoms with Gasteiger partial charge in [0.15, 0.2) is 11.7 Å². The molecule has 5 heteroatoms. The number of nitrogens with zero attached hydrogens (tertiary/aromatic N) is 1. The Morgan fingerprint density at radius 3 is 2.63 bits per heavy atom. The van der Waals surface area contributed by atoms with Crippen molar-refractivity contribution in [3.05, 3.63) is 77.3 Å². The summed E-state index contributed by atoms with van der Waals surface area (Å²) in [5.41, 5.74) is 2.05. The molecule has 1 aromatic heterocycles. The first-order chi connectivity index (χ1) is 13.2. The summed E-state index contributed by atoms with van der Waals surface area (Å²) in [5, 5.41) is 3.64. The van der Waals surface area contributed by atoms with Crippen molar-refractivity contribution >= 4 is 17.5 Å². The van der Waals surface area contributed by atoms with Gasteiger partial charge in [-0.1, -0.05) is 61.0 Å². The molecule has 1 N–H and O–H groups in total. The van der Waals surface area contributed by atoms with E-state index in [1.807, 2.05) is 42.5 Å². The summed E-state index contributed by atoms with van der Waals surface area (Å²) in [6.45, 7) is 2.77. The molecule has 0 aliphatic rings. The lowest BCUT2D eigenvalue weighted by Crippen LogP contribution is -2.28. The van der Waals surface area contributed by atoms with E-state index in [1.54, 1.807) is 6.20 Å². The van der Waals surface area contributed by atoms with E-state index in [2.05, 4.69) is 29.4 Å². The molecule has 0 saturated heterocycles. The quantitative estimate of drug-likeness (QED) is 0.579. The van der Waals surface area contributed by atoms with Gasteiger partial charge in [-0.05, 0) is 24.1 Å². The van der Waals surface area contributed by atoms with Crippen LogP contribution in [0.25, 0.3) is 11.3 Å². The van der Waals surface area contributed by atoms with Crippen molar-refractivity contribution in [3.8, 4) is 11.3 Å². The third-order valence-electron chi connectivity index (χ3n) is 4.57. The number of rotatable bonds is 8. The molecule has 3 aromatic rings. The van der Waals surface area contributed by atoms with Gasteiger partial charge in [0.25, 0.3) is 0 Å². The predicted molar refractivity (Wildman–Crippen MR) is 108 cm³/mol. The summed E-state index contributed by atoms with van der Waals surface area (Å²) >= 11 is 6.18. The maximum Gasteiger partial charge on any atom is 0.220 e. The van der Waals surface area contributed by atoms with Crippen molar-refractivity contribution in [2.45, 2.75) is 32.1 Å². The van der Waals surface area contributed by atoms with Gasteiger partial charge in [0.1, 0.15) is 0 Å². The van der Waals surface area contributed by atoms with Gasteiger partial charge in [-0.2, -0.15) is 0 Å². The maximum absolute atomic E-state index is 12.2. The van der Waals surface area contributed by atoms with Crippen LogP contribution in [0.3, 0.4) is 0 Å². The van der Waals surface area contributed by atoms with Gasteiger partial charge < -0.3 is 9.73 Å². The van der Waals surface area contributed by atoms with E-state index in [9.17, 15) is 4.79 Å². The lowest BCUT2D eigenvalue weighted by atomic mass is 9.96. The number of oxazole rings is 1. The molecule has 0 fully saturated rings. The van der Waals surface area contributed by atoms with Crippen LogP contribution in [0.4, 0.5) is 0 Å². The number of hydrogen-bond donors (Lipinski definition) is 1. The third-order valence-corrected chi connectivity index (χ3v) is 4.90. The Kier molecular flexibility index (Phi) is 6.66. The van der Waals surface area contributed by atoms with Gasteiger partial charge in [0, 0.05) is 30.9 Å².